The van der Waals surface area contributed by atoms with Crippen LogP contribution in [0.3, 0.4) is 0 Å². The summed E-state index contributed by atoms with van der Waals surface area (Å²) in [4.78, 5) is 41.4. The van der Waals surface area contributed by atoms with Gasteiger partial charge in [-0.1, -0.05) is 0 Å². The number of imidazole rings is 1. The van der Waals surface area contributed by atoms with Gasteiger partial charge < -0.3 is 15.6 Å². The highest BCUT2D eigenvalue weighted by molar-refractivity contribution is 5.93. The van der Waals surface area contributed by atoms with E-state index in [1.165, 1.54) is 6.33 Å². The lowest BCUT2D eigenvalue weighted by Crippen LogP contribution is -2.53. The summed E-state index contributed by atoms with van der Waals surface area (Å²) in [6, 6.07) is -1.43. The first-order valence-corrected chi connectivity index (χ1v) is 6.17. The van der Waals surface area contributed by atoms with E-state index in [9.17, 15) is 14.4 Å². The fraction of sp³-hybridized carbons (Fsp3) is 0.455. The molecule has 0 aromatic carbocycles. The molecule has 1 fully saturated rings. The Hall–Kier alpha value is -2.42. The second-order valence-electron chi connectivity index (χ2n) is 4.51. The Balaban J connectivity index is 1.98. The molecule has 2 heterocycles. The van der Waals surface area contributed by atoms with Crippen LogP contribution in [0.1, 0.15) is 18.5 Å². The summed E-state index contributed by atoms with van der Waals surface area (Å²) >= 11 is 0. The second kappa shape index (κ2) is 6.15. The summed E-state index contributed by atoms with van der Waals surface area (Å²) < 4.78 is 0. The molecule has 6 N–H and O–H groups in total. The molecule has 20 heavy (non-hydrogen) atoms. The van der Waals surface area contributed by atoms with Crippen molar-refractivity contribution in [2.24, 2.45) is 5.84 Å². The molecule has 0 bridgehead atoms. The largest absolute Gasteiger partial charge is 0.348 e. The average Bonchev–Trinajstić information content (AvgIpc) is 3.08. The first-order chi connectivity index (χ1) is 9.60. The molecule has 108 valence electrons. The minimum atomic E-state index is -0.828. The Kier molecular flexibility index (Phi) is 4.31. The third kappa shape index (κ3) is 3.32. The fourth-order valence-corrected chi connectivity index (χ4v) is 2.01. The summed E-state index contributed by atoms with van der Waals surface area (Å²) in [6.07, 6.45) is 4.00. The van der Waals surface area contributed by atoms with Crippen molar-refractivity contribution in [3.63, 3.8) is 0 Å². The number of aromatic nitrogens is 2. The molecule has 1 aromatic heterocycles. The summed E-state index contributed by atoms with van der Waals surface area (Å²) in [5.41, 5.74) is 2.70. The van der Waals surface area contributed by atoms with Crippen molar-refractivity contribution < 1.29 is 14.4 Å². The van der Waals surface area contributed by atoms with E-state index in [-0.39, 0.29) is 12.3 Å². The molecule has 0 aliphatic carbocycles. The Morgan fingerprint density at radius 1 is 1.55 bits per heavy atom. The van der Waals surface area contributed by atoms with Crippen LogP contribution in [-0.4, -0.2) is 39.8 Å². The van der Waals surface area contributed by atoms with Gasteiger partial charge in [0.25, 0.3) is 5.91 Å². The topological polar surface area (TPSA) is 142 Å². The van der Waals surface area contributed by atoms with E-state index in [0.29, 0.717) is 18.5 Å². The molecule has 9 nitrogen and oxygen atoms in total. The number of nitrogens with two attached hydrogens (primary N) is 1. The van der Waals surface area contributed by atoms with E-state index >= 15 is 0 Å². The second-order valence-corrected chi connectivity index (χ2v) is 4.51. The number of hydrazine groups is 1. The highest BCUT2D eigenvalue weighted by atomic mass is 16.2. The van der Waals surface area contributed by atoms with Crippen LogP contribution in [-0.2, 0) is 20.8 Å². The lowest BCUT2D eigenvalue weighted by atomic mass is 10.1. The molecule has 1 aliphatic heterocycles. The SMILES string of the molecule is NNC(=O)[C@H](Cc1cnc[nH]1)NC(=O)[C@H]1CCC(=O)N1. The van der Waals surface area contributed by atoms with Crippen LogP contribution in [0.4, 0.5) is 0 Å². The van der Waals surface area contributed by atoms with E-state index in [0.717, 1.165) is 0 Å². The molecule has 0 spiro atoms. The lowest BCUT2D eigenvalue weighted by molar-refractivity contribution is -0.130. The van der Waals surface area contributed by atoms with Gasteiger partial charge in [0, 0.05) is 24.7 Å². The van der Waals surface area contributed by atoms with Gasteiger partial charge in [-0.2, -0.15) is 0 Å². The first-order valence-electron chi connectivity index (χ1n) is 6.17. The summed E-state index contributed by atoms with van der Waals surface area (Å²) in [5, 5.41) is 5.12. The van der Waals surface area contributed by atoms with Crippen LogP contribution in [0.5, 0.6) is 0 Å². The van der Waals surface area contributed by atoms with Crippen molar-refractivity contribution >= 4 is 17.7 Å². The van der Waals surface area contributed by atoms with Gasteiger partial charge in [0.15, 0.2) is 0 Å². The Labute approximate surface area is 114 Å². The van der Waals surface area contributed by atoms with Crippen molar-refractivity contribution in [3.8, 4) is 0 Å². The van der Waals surface area contributed by atoms with Gasteiger partial charge in [-0.15, -0.1) is 0 Å². The predicted octanol–water partition coefficient (Wildman–Crippen LogP) is -2.29. The maximum Gasteiger partial charge on any atom is 0.256 e. The number of carbonyl (C=O) groups excluding carboxylic acids is 3. The zero-order valence-electron chi connectivity index (χ0n) is 10.7. The number of hydrogen-bond acceptors (Lipinski definition) is 5. The van der Waals surface area contributed by atoms with Gasteiger partial charge in [-0.05, 0) is 6.42 Å². The molecule has 2 rings (SSSR count). The summed E-state index contributed by atoms with van der Waals surface area (Å²) in [6.45, 7) is 0. The fourth-order valence-electron chi connectivity index (χ4n) is 2.01. The summed E-state index contributed by atoms with van der Waals surface area (Å²) in [5.74, 6) is 4.02. The first kappa shape index (κ1) is 14.0. The van der Waals surface area contributed by atoms with Gasteiger partial charge in [0.2, 0.25) is 11.8 Å². The molecule has 2 atom stereocenters. The van der Waals surface area contributed by atoms with E-state index in [4.69, 9.17) is 5.84 Å². The maximum atomic E-state index is 12.0. The standard InChI is InChI=1S/C11H16N6O3/c12-17-11(20)8(3-6-4-13-5-14-6)16-10(19)7-1-2-9(18)15-7/h4-5,7-8H,1-3,12H2,(H,13,14)(H,15,18)(H,16,19)(H,17,20)/t7-,8+/m1/s1. The molecule has 0 unspecified atom stereocenters. The van der Waals surface area contributed by atoms with Gasteiger partial charge in [-0.25, -0.2) is 10.8 Å². The van der Waals surface area contributed by atoms with Gasteiger partial charge in [0.05, 0.1) is 6.33 Å². The molecule has 9 heteroatoms. The Morgan fingerprint density at radius 2 is 2.35 bits per heavy atom. The Morgan fingerprint density at radius 3 is 2.90 bits per heavy atom. The number of nitrogens with zero attached hydrogens (tertiary/aromatic N) is 1. The number of nitrogens with one attached hydrogen (secondary N) is 4. The van der Waals surface area contributed by atoms with Crippen LogP contribution in [0.15, 0.2) is 12.5 Å². The average molecular weight is 280 g/mol. The zero-order valence-corrected chi connectivity index (χ0v) is 10.7. The van der Waals surface area contributed by atoms with E-state index in [1.54, 1.807) is 6.20 Å². The van der Waals surface area contributed by atoms with E-state index in [2.05, 4.69) is 20.6 Å². The van der Waals surface area contributed by atoms with Crippen molar-refractivity contribution in [3.05, 3.63) is 18.2 Å². The van der Waals surface area contributed by atoms with Crippen LogP contribution >= 0.6 is 0 Å². The predicted molar refractivity (Wildman–Crippen MR) is 67.7 cm³/mol. The van der Waals surface area contributed by atoms with Gasteiger partial charge >= 0.3 is 0 Å². The van der Waals surface area contributed by atoms with Crippen molar-refractivity contribution in [1.82, 2.24) is 26.0 Å². The molecule has 0 radical (unpaired) electrons. The molecule has 3 amide bonds. The molecule has 1 aliphatic rings. The zero-order chi connectivity index (χ0) is 14.5. The number of carbonyl (C=O) groups is 3. The molecular weight excluding hydrogens is 264 g/mol. The normalized spacial score (nSPS) is 19.2. The molecule has 1 saturated heterocycles. The smallest absolute Gasteiger partial charge is 0.256 e. The molecule has 0 saturated carbocycles. The van der Waals surface area contributed by atoms with Gasteiger partial charge in [-0.3, -0.25) is 19.8 Å². The van der Waals surface area contributed by atoms with Crippen molar-refractivity contribution in [1.29, 1.82) is 0 Å². The lowest BCUT2D eigenvalue weighted by Gasteiger charge is -2.18. The van der Waals surface area contributed by atoms with E-state index < -0.39 is 23.9 Å². The third-order valence-electron chi connectivity index (χ3n) is 3.07. The van der Waals surface area contributed by atoms with E-state index in [1.807, 2.05) is 5.43 Å². The van der Waals surface area contributed by atoms with Crippen LogP contribution in [0, 0.1) is 0 Å². The monoisotopic (exact) mass is 280 g/mol. The Bertz CT molecular complexity index is 500. The highest BCUT2D eigenvalue weighted by Gasteiger charge is 2.30. The molecular formula is C11H16N6O3. The van der Waals surface area contributed by atoms with Crippen molar-refractivity contribution in [2.75, 3.05) is 0 Å². The maximum absolute atomic E-state index is 12.0. The van der Waals surface area contributed by atoms with Crippen LogP contribution in [0.2, 0.25) is 0 Å². The highest BCUT2D eigenvalue weighted by Crippen LogP contribution is 2.07. The van der Waals surface area contributed by atoms with Crippen LogP contribution in [0.25, 0.3) is 0 Å². The van der Waals surface area contributed by atoms with Crippen molar-refractivity contribution in [2.45, 2.75) is 31.3 Å². The summed E-state index contributed by atoms with van der Waals surface area (Å²) in [7, 11) is 0. The number of amides is 3. The minimum absolute atomic E-state index is 0.168. The third-order valence-corrected chi connectivity index (χ3v) is 3.07. The number of hydrogen-bond donors (Lipinski definition) is 5. The molecule has 1 aromatic rings. The number of rotatable bonds is 5. The quantitative estimate of drug-likeness (QED) is 0.234. The minimum Gasteiger partial charge on any atom is -0.348 e. The van der Waals surface area contributed by atoms with Crippen LogP contribution < -0.4 is 21.9 Å². The number of H-pyrrole nitrogens is 1. The number of aromatic amines is 1. The van der Waals surface area contributed by atoms with Gasteiger partial charge in [0.1, 0.15) is 12.1 Å².